The van der Waals surface area contributed by atoms with E-state index in [4.69, 9.17) is 0 Å². The zero-order chi connectivity index (χ0) is 21.0. The zero-order valence-corrected chi connectivity index (χ0v) is 17.6. The lowest BCUT2D eigenvalue weighted by Gasteiger charge is -2.25. The third-order valence-electron chi connectivity index (χ3n) is 4.10. The highest BCUT2D eigenvalue weighted by Gasteiger charge is 2.28. The van der Waals surface area contributed by atoms with Crippen LogP contribution in [0.3, 0.4) is 0 Å². The molecule has 0 aromatic carbocycles. The van der Waals surface area contributed by atoms with Gasteiger partial charge in [-0.15, -0.1) is 0 Å². The summed E-state index contributed by atoms with van der Waals surface area (Å²) in [6.07, 6.45) is 4.01. The lowest BCUT2D eigenvalue weighted by molar-refractivity contribution is -0.133. The number of nitrogens with one attached hydrogen (secondary N) is 3. The molecule has 0 heterocycles. The van der Waals surface area contributed by atoms with E-state index in [0.29, 0.717) is 19.3 Å². The highest BCUT2D eigenvalue weighted by Crippen LogP contribution is 2.09. The van der Waals surface area contributed by atoms with Crippen LogP contribution in [0.5, 0.6) is 0 Å². The number of aldehydes is 1. The van der Waals surface area contributed by atoms with Gasteiger partial charge in [0.1, 0.15) is 18.4 Å². The van der Waals surface area contributed by atoms with Gasteiger partial charge in [-0.1, -0.05) is 47.5 Å². The van der Waals surface area contributed by atoms with Gasteiger partial charge < -0.3 is 20.7 Å². The molecule has 0 spiro atoms. The first kappa shape index (κ1) is 25.1. The third-order valence-corrected chi connectivity index (χ3v) is 4.10. The topological polar surface area (TPSA) is 104 Å². The van der Waals surface area contributed by atoms with Crippen LogP contribution < -0.4 is 16.0 Å². The Balaban J connectivity index is 5.14. The monoisotopic (exact) mass is 383 g/mol. The Kier molecular flexibility index (Phi) is 12.3. The molecule has 7 nitrogen and oxygen atoms in total. The first-order valence-corrected chi connectivity index (χ1v) is 9.93. The molecule has 3 N–H and O–H groups in total. The van der Waals surface area contributed by atoms with E-state index in [1.165, 1.54) is 6.92 Å². The van der Waals surface area contributed by atoms with Gasteiger partial charge >= 0.3 is 0 Å². The molecule has 0 aromatic rings. The van der Waals surface area contributed by atoms with Crippen LogP contribution in [0, 0.1) is 11.8 Å². The fourth-order valence-corrected chi connectivity index (χ4v) is 2.81. The Morgan fingerprint density at radius 1 is 0.852 bits per heavy atom. The van der Waals surface area contributed by atoms with Crippen LogP contribution in [0.2, 0.25) is 0 Å². The van der Waals surface area contributed by atoms with Gasteiger partial charge in [0.15, 0.2) is 0 Å². The van der Waals surface area contributed by atoms with Crippen molar-refractivity contribution < 1.29 is 19.2 Å². The van der Waals surface area contributed by atoms with Crippen molar-refractivity contribution in [1.82, 2.24) is 16.0 Å². The molecule has 0 aliphatic carbocycles. The van der Waals surface area contributed by atoms with Crippen molar-refractivity contribution in [1.29, 1.82) is 0 Å². The summed E-state index contributed by atoms with van der Waals surface area (Å²) in [6, 6.07) is -1.98. The van der Waals surface area contributed by atoms with Crippen LogP contribution in [0.25, 0.3) is 0 Å². The fourth-order valence-electron chi connectivity index (χ4n) is 2.81. The number of hydrogen-bond acceptors (Lipinski definition) is 4. The first-order chi connectivity index (χ1) is 12.6. The summed E-state index contributed by atoms with van der Waals surface area (Å²) in [5.41, 5.74) is 0. The number of amides is 3. The van der Waals surface area contributed by atoms with E-state index in [-0.39, 0.29) is 29.6 Å². The van der Waals surface area contributed by atoms with Gasteiger partial charge in [-0.2, -0.15) is 0 Å². The van der Waals surface area contributed by atoms with Crippen LogP contribution in [0.1, 0.15) is 73.6 Å². The second-order valence-electron chi connectivity index (χ2n) is 7.97. The van der Waals surface area contributed by atoms with Crippen LogP contribution in [0.4, 0.5) is 0 Å². The van der Waals surface area contributed by atoms with Gasteiger partial charge in [-0.25, -0.2) is 0 Å². The zero-order valence-electron chi connectivity index (χ0n) is 17.6. The second-order valence-corrected chi connectivity index (χ2v) is 7.97. The fraction of sp³-hybridized carbons (Fsp3) is 0.800. The number of hydrogen-bond donors (Lipinski definition) is 3. The molecular weight excluding hydrogens is 346 g/mol. The maximum atomic E-state index is 12.7. The molecule has 0 radical (unpaired) electrons. The van der Waals surface area contributed by atoms with Gasteiger partial charge in [-0.3, -0.25) is 14.4 Å². The van der Waals surface area contributed by atoms with E-state index in [0.717, 1.165) is 19.1 Å². The van der Waals surface area contributed by atoms with E-state index in [1.54, 1.807) is 0 Å². The van der Waals surface area contributed by atoms with Gasteiger partial charge in [0.25, 0.3) is 0 Å². The molecule has 0 bridgehead atoms. The Labute approximate surface area is 163 Å². The molecule has 0 saturated carbocycles. The molecule has 0 aromatic heterocycles. The maximum Gasteiger partial charge on any atom is 0.243 e. The van der Waals surface area contributed by atoms with Crippen LogP contribution >= 0.6 is 0 Å². The van der Waals surface area contributed by atoms with Crippen molar-refractivity contribution in [3.05, 3.63) is 0 Å². The molecule has 0 aliphatic heterocycles. The molecule has 7 heteroatoms. The highest BCUT2D eigenvalue weighted by atomic mass is 16.2. The quantitative estimate of drug-likeness (QED) is 0.423. The molecule has 3 atom stereocenters. The van der Waals surface area contributed by atoms with E-state index in [1.807, 2.05) is 34.6 Å². The SMILES string of the molecule is CCCCC(C=O)NC(=O)[C@H](CC(C)C)NC(=O)C(CC(C)C)NC(C)=O. The van der Waals surface area contributed by atoms with Crippen LogP contribution in [0.15, 0.2) is 0 Å². The lowest BCUT2D eigenvalue weighted by atomic mass is 9.99. The summed E-state index contributed by atoms with van der Waals surface area (Å²) >= 11 is 0. The summed E-state index contributed by atoms with van der Waals surface area (Å²) in [5, 5.41) is 8.14. The van der Waals surface area contributed by atoms with E-state index in [2.05, 4.69) is 16.0 Å². The largest absolute Gasteiger partial charge is 0.345 e. The number of rotatable bonds is 13. The molecule has 0 rings (SSSR count). The number of unbranched alkanes of at least 4 members (excludes halogenated alkanes) is 1. The molecule has 0 fully saturated rings. The Morgan fingerprint density at radius 3 is 1.74 bits per heavy atom. The van der Waals surface area contributed by atoms with Crippen LogP contribution in [-0.2, 0) is 19.2 Å². The minimum Gasteiger partial charge on any atom is -0.345 e. The maximum absolute atomic E-state index is 12.7. The molecular formula is C20H37N3O4. The van der Waals surface area contributed by atoms with E-state index >= 15 is 0 Å². The van der Waals surface area contributed by atoms with Crippen LogP contribution in [-0.4, -0.2) is 42.1 Å². The van der Waals surface area contributed by atoms with E-state index in [9.17, 15) is 19.2 Å². The normalized spacial score (nSPS) is 14.4. The summed E-state index contributed by atoms with van der Waals surface area (Å²) in [5.74, 6) is -0.650. The van der Waals surface area contributed by atoms with Gasteiger partial charge in [-0.05, 0) is 31.1 Å². The van der Waals surface area contributed by atoms with Crippen molar-refractivity contribution in [2.24, 2.45) is 11.8 Å². The number of carbonyl (C=O) groups is 4. The number of carbonyl (C=O) groups excluding carboxylic acids is 4. The molecule has 156 valence electrons. The Bertz CT molecular complexity index is 492. The van der Waals surface area contributed by atoms with Gasteiger partial charge in [0.2, 0.25) is 17.7 Å². The standard InChI is InChI=1S/C20H37N3O4/c1-7-8-9-16(12-24)22-19(26)18(11-14(4)5)23-20(27)17(10-13(2)3)21-15(6)25/h12-14,16-18H,7-11H2,1-6H3,(H,21,25)(H,22,26)(H,23,27)/t16?,17?,18-/m0/s1. The smallest absolute Gasteiger partial charge is 0.243 e. The van der Waals surface area contributed by atoms with Crippen molar-refractivity contribution in [3.8, 4) is 0 Å². The van der Waals surface area contributed by atoms with Crippen molar-refractivity contribution in [2.45, 2.75) is 91.8 Å². The highest BCUT2D eigenvalue weighted by molar-refractivity contribution is 5.92. The molecule has 0 aliphatic rings. The molecule has 3 amide bonds. The second kappa shape index (κ2) is 13.3. The predicted molar refractivity (Wildman–Crippen MR) is 106 cm³/mol. The van der Waals surface area contributed by atoms with Gasteiger partial charge in [0.05, 0.1) is 6.04 Å². The Morgan fingerprint density at radius 2 is 1.33 bits per heavy atom. The summed E-state index contributed by atoms with van der Waals surface area (Å²) in [4.78, 5) is 47.9. The van der Waals surface area contributed by atoms with Crippen molar-refractivity contribution >= 4 is 24.0 Å². The molecule has 2 unspecified atom stereocenters. The summed E-state index contributed by atoms with van der Waals surface area (Å²) < 4.78 is 0. The van der Waals surface area contributed by atoms with E-state index < -0.39 is 18.1 Å². The Hall–Kier alpha value is -1.92. The molecule has 27 heavy (non-hydrogen) atoms. The molecule has 0 saturated heterocycles. The van der Waals surface area contributed by atoms with Crippen molar-refractivity contribution in [3.63, 3.8) is 0 Å². The summed E-state index contributed by atoms with van der Waals surface area (Å²) in [6.45, 7) is 11.2. The minimum atomic E-state index is -0.745. The van der Waals surface area contributed by atoms with Crippen molar-refractivity contribution in [2.75, 3.05) is 0 Å². The first-order valence-electron chi connectivity index (χ1n) is 9.93. The lowest BCUT2D eigenvalue weighted by Crippen LogP contribution is -2.55. The average molecular weight is 384 g/mol. The third kappa shape index (κ3) is 11.4. The summed E-state index contributed by atoms with van der Waals surface area (Å²) in [7, 11) is 0. The minimum absolute atomic E-state index is 0.177. The average Bonchev–Trinajstić information content (AvgIpc) is 2.55. The predicted octanol–water partition coefficient (Wildman–Crippen LogP) is 1.94. The van der Waals surface area contributed by atoms with Gasteiger partial charge in [0, 0.05) is 6.92 Å².